The summed E-state index contributed by atoms with van der Waals surface area (Å²) in [7, 11) is 0. The van der Waals surface area contributed by atoms with Crippen molar-refractivity contribution < 1.29 is 9.59 Å². The third kappa shape index (κ3) is 2.31. The maximum Gasteiger partial charge on any atom is 0.242 e. The second-order valence-electron chi connectivity index (χ2n) is 7.38. The van der Waals surface area contributed by atoms with Crippen molar-refractivity contribution >= 4 is 11.8 Å². The molecular weight excluding hydrogens is 276 g/mol. The minimum Gasteiger partial charge on any atom is -0.331 e. The number of amides is 2. The Morgan fingerprint density at radius 2 is 1.95 bits per heavy atom. The van der Waals surface area contributed by atoms with Gasteiger partial charge in [-0.15, -0.1) is 0 Å². The van der Waals surface area contributed by atoms with Gasteiger partial charge in [-0.1, -0.05) is 52.0 Å². The van der Waals surface area contributed by atoms with Gasteiger partial charge in [0.05, 0.1) is 12.6 Å². The van der Waals surface area contributed by atoms with E-state index in [0.717, 1.165) is 6.54 Å². The predicted octanol–water partition coefficient (Wildman–Crippen LogP) is 2.35. The van der Waals surface area contributed by atoms with Gasteiger partial charge in [0, 0.05) is 24.4 Å². The smallest absolute Gasteiger partial charge is 0.242 e. The molecule has 1 atom stereocenters. The summed E-state index contributed by atoms with van der Waals surface area (Å²) in [5.74, 6) is 0.0535. The number of benzene rings is 1. The van der Waals surface area contributed by atoms with E-state index in [-0.39, 0.29) is 35.7 Å². The summed E-state index contributed by atoms with van der Waals surface area (Å²) in [6.07, 6.45) is 0. The number of fused-ring (bicyclic) bond motifs is 3. The van der Waals surface area contributed by atoms with Crippen LogP contribution in [0.3, 0.4) is 0 Å². The summed E-state index contributed by atoms with van der Waals surface area (Å²) in [5, 5.41) is 0. The Morgan fingerprint density at radius 3 is 2.64 bits per heavy atom. The maximum atomic E-state index is 12.6. The van der Waals surface area contributed by atoms with E-state index in [0.29, 0.717) is 6.54 Å². The van der Waals surface area contributed by atoms with Crippen molar-refractivity contribution in [1.29, 1.82) is 0 Å². The van der Waals surface area contributed by atoms with E-state index in [1.807, 2.05) is 24.8 Å². The van der Waals surface area contributed by atoms with Crippen LogP contribution in [0, 0.1) is 5.92 Å². The molecule has 4 heteroatoms. The van der Waals surface area contributed by atoms with Crippen molar-refractivity contribution in [3.63, 3.8) is 0 Å². The molecule has 2 heterocycles. The molecule has 0 bridgehead atoms. The molecule has 1 saturated heterocycles. The van der Waals surface area contributed by atoms with Crippen LogP contribution >= 0.6 is 0 Å². The molecule has 0 aliphatic carbocycles. The first kappa shape index (κ1) is 15.1. The largest absolute Gasteiger partial charge is 0.331 e. The van der Waals surface area contributed by atoms with Crippen LogP contribution in [0.2, 0.25) is 0 Å². The molecule has 1 unspecified atom stereocenters. The quantitative estimate of drug-likeness (QED) is 0.799. The topological polar surface area (TPSA) is 40.6 Å². The van der Waals surface area contributed by atoms with Gasteiger partial charge in [-0.05, 0) is 11.1 Å². The number of rotatable bonds is 1. The van der Waals surface area contributed by atoms with Crippen LogP contribution in [0.5, 0.6) is 0 Å². The lowest BCUT2D eigenvalue weighted by Gasteiger charge is -2.49. The minimum absolute atomic E-state index is 0.00632. The third-order valence-electron chi connectivity index (χ3n) is 4.84. The second kappa shape index (κ2) is 5.11. The molecule has 1 fully saturated rings. The van der Waals surface area contributed by atoms with Crippen LogP contribution in [0.25, 0.3) is 0 Å². The summed E-state index contributed by atoms with van der Waals surface area (Å²) in [4.78, 5) is 28.6. The molecule has 0 radical (unpaired) electrons. The fourth-order valence-electron chi connectivity index (χ4n) is 3.71. The first-order valence-electron chi connectivity index (χ1n) is 7.99. The Morgan fingerprint density at radius 1 is 1.27 bits per heavy atom. The van der Waals surface area contributed by atoms with Crippen LogP contribution in [0.15, 0.2) is 24.3 Å². The van der Waals surface area contributed by atoms with E-state index in [4.69, 9.17) is 0 Å². The van der Waals surface area contributed by atoms with E-state index < -0.39 is 0 Å². The molecule has 1 aromatic rings. The highest BCUT2D eigenvalue weighted by atomic mass is 16.2. The van der Waals surface area contributed by atoms with Crippen LogP contribution in [0.1, 0.15) is 44.9 Å². The average molecular weight is 300 g/mol. The van der Waals surface area contributed by atoms with Crippen molar-refractivity contribution in [3.8, 4) is 0 Å². The average Bonchev–Trinajstić information content (AvgIpc) is 2.47. The number of carbonyl (C=O) groups is 2. The minimum atomic E-state index is -0.0744. The second-order valence-corrected chi connectivity index (χ2v) is 7.38. The molecule has 22 heavy (non-hydrogen) atoms. The summed E-state index contributed by atoms with van der Waals surface area (Å²) in [6, 6.07) is 8.32. The lowest BCUT2D eigenvalue weighted by Crippen LogP contribution is -2.59. The Bertz CT molecular complexity index is 621. The van der Waals surface area contributed by atoms with Gasteiger partial charge in [-0.25, -0.2) is 0 Å². The van der Waals surface area contributed by atoms with Gasteiger partial charge < -0.3 is 9.80 Å². The van der Waals surface area contributed by atoms with Gasteiger partial charge in [0.2, 0.25) is 11.8 Å². The molecule has 3 rings (SSSR count). The van der Waals surface area contributed by atoms with Gasteiger partial charge in [0.15, 0.2) is 0 Å². The van der Waals surface area contributed by atoms with Crippen LogP contribution in [0.4, 0.5) is 0 Å². The van der Waals surface area contributed by atoms with Gasteiger partial charge in [-0.2, -0.15) is 0 Å². The van der Waals surface area contributed by atoms with Crippen LogP contribution in [-0.2, 0) is 15.0 Å². The highest BCUT2D eigenvalue weighted by molar-refractivity contribution is 5.87. The van der Waals surface area contributed by atoms with Gasteiger partial charge in [0.25, 0.3) is 0 Å². The lowest BCUT2D eigenvalue weighted by atomic mass is 9.75. The summed E-state index contributed by atoms with van der Waals surface area (Å²) in [5.41, 5.74) is 2.43. The molecule has 1 aromatic carbocycles. The number of nitrogens with zero attached hydrogens (tertiary/aromatic N) is 2. The van der Waals surface area contributed by atoms with Crippen molar-refractivity contribution in [3.05, 3.63) is 35.4 Å². The molecule has 0 aromatic heterocycles. The highest BCUT2D eigenvalue weighted by Crippen LogP contribution is 2.41. The lowest BCUT2D eigenvalue weighted by molar-refractivity contribution is -0.152. The predicted molar refractivity (Wildman–Crippen MR) is 85.3 cm³/mol. The Labute approximate surface area is 132 Å². The van der Waals surface area contributed by atoms with E-state index in [9.17, 15) is 9.59 Å². The zero-order chi connectivity index (χ0) is 16.1. The molecule has 2 amide bonds. The monoisotopic (exact) mass is 300 g/mol. The zero-order valence-electron chi connectivity index (χ0n) is 13.8. The first-order valence-corrected chi connectivity index (χ1v) is 7.99. The fourth-order valence-corrected chi connectivity index (χ4v) is 3.71. The van der Waals surface area contributed by atoms with Crippen LogP contribution in [-0.4, -0.2) is 41.2 Å². The van der Waals surface area contributed by atoms with Crippen molar-refractivity contribution in [2.45, 2.75) is 39.2 Å². The Hall–Kier alpha value is -1.84. The summed E-state index contributed by atoms with van der Waals surface area (Å²) in [6.45, 7) is 9.68. The first-order chi connectivity index (χ1) is 10.3. The number of hydrogen-bond acceptors (Lipinski definition) is 2. The SMILES string of the molecule is CC(C)C(=O)N1CC(=O)N2CC(C)(C)c3ccccc3C2C1. The zero-order valence-corrected chi connectivity index (χ0v) is 13.8. The molecular formula is C18H24N2O2. The van der Waals surface area contributed by atoms with Gasteiger partial charge in [-0.3, -0.25) is 9.59 Å². The number of carbonyl (C=O) groups excluding carboxylic acids is 2. The number of piperazine rings is 1. The number of hydrogen-bond donors (Lipinski definition) is 0. The third-order valence-corrected chi connectivity index (χ3v) is 4.84. The Kier molecular flexibility index (Phi) is 3.50. The molecule has 0 N–H and O–H groups in total. The molecule has 118 valence electrons. The highest BCUT2D eigenvalue weighted by Gasteiger charge is 2.44. The standard InChI is InChI=1S/C18H24N2O2/c1-12(2)17(22)19-9-15-13-7-5-6-8-14(13)18(3,4)11-20(15)16(21)10-19/h5-8,12,15H,9-11H2,1-4H3. The molecule has 2 aliphatic rings. The molecule has 2 aliphatic heterocycles. The van der Waals surface area contributed by atoms with E-state index in [1.165, 1.54) is 11.1 Å². The van der Waals surface area contributed by atoms with Crippen molar-refractivity contribution in [2.24, 2.45) is 5.92 Å². The maximum absolute atomic E-state index is 12.6. The van der Waals surface area contributed by atoms with E-state index in [1.54, 1.807) is 4.90 Å². The Balaban J connectivity index is 2.00. The molecule has 4 nitrogen and oxygen atoms in total. The van der Waals surface area contributed by atoms with Crippen LogP contribution < -0.4 is 0 Å². The molecule has 0 spiro atoms. The molecule has 0 saturated carbocycles. The van der Waals surface area contributed by atoms with Gasteiger partial charge >= 0.3 is 0 Å². The van der Waals surface area contributed by atoms with E-state index >= 15 is 0 Å². The summed E-state index contributed by atoms with van der Waals surface area (Å²) < 4.78 is 0. The van der Waals surface area contributed by atoms with Crippen molar-refractivity contribution in [2.75, 3.05) is 19.6 Å². The fraction of sp³-hybridized carbons (Fsp3) is 0.556. The van der Waals surface area contributed by atoms with E-state index in [2.05, 4.69) is 32.0 Å². The van der Waals surface area contributed by atoms with Gasteiger partial charge in [0.1, 0.15) is 0 Å². The van der Waals surface area contributed by atoms with Crippen molar-refractivity contribution in [1.82, 2.24) is 9.80 Å². The normalized spacial score (nSPS) is 23.3. The summed E-state index contributed by atoms with van der Waals surface area (Å²) >= 11 is 0.